The lowest BCUT2D eigenvalue weighted by atomic mass is 9.88. The second-order valence-electron chi connectivity index (χ2n) is 4.89. The normalized spacial score (nSPS) is 25.8. The maximum Gasteiger partial charge on any atom is 0.223 e. The second kappa shape index (κ2) is 7.16. The molecule has 1 fully saturated rings. The molecule has 0 radical (unpaired) electrons. The monoisotopic (exact) mass is 245 g/mol. The van der Waals surface area contributed by atoms with Crippen molar-refractivity contribution in [2.24, 2.45) is 11.8 Å². The van der Waals surface area contributed by atoms with E-state index < -0.39 is 0 Å². The molecule has 1 rings (SSSR count). The second-order valence-corrected chi connectivity index (χ2v) is 5.51. The van der Waals surface area contributed by atoms with Crippen molar-refractivity contribution >= 4 is 17.5 Å². The Balaban J connectivity index is 2.25. The van der Waals surface area contributed by atoms with Gasteiger partial charge in [0.1, 0.15) is 0 Å². The first-order valence-electron chi connectivity index (χ1n) is 6.59. The van der Waals surface area contributed by atoms with Gasteiger partial charge in [0.25, 0.3) is 0 Å². The van der Waals surface area contributed by atoms with Crippen LogP contribution in [0.3, 0.4) is 0 Å². The van der Waals surface area contributed by atoms with Crippen LogP contribution in [-0.2, 0) is 4.79 Å². The third-order valence-electron chi connectivity index (χ3n) is 3.64. The average molecular weight is 246 g/mol. The quantitative estimate of drug-likeness (QED) is 0.740. The molecule has 1 aliphatic rings. The number of alkyl halides is 1. The molecule has 0 heterocycles. The van der Waals surface area contributed by atoms with E-state index >= 15 is 0 Å². The van der Waals surface area contributed by atoms with Gasteiger partial charge in [-0.05, 0) is 38.0 Å². The van der Waals surface area contributed by atoms with Gasteiger partial charge in [0.2, 0.25) is 5.91 Å². The fourth-order valence-corrected chi connectivity index (χ4v) is 2.87. The van der Waals surface area contributed by atoms with Gasteiger partial charge in [0.05, 0.1) is 0 Å². The molecule has 1 amide bonds. The first-order chi connectivity index (χ1) is 7.67. The molecule has 0 saturated heterocycles. The number of carbonyl (C=O) groups excluding carboxylic acids is 1. The van der Waals surface area contributed by atoms with E-state index in [1.165, 1.54) is 12.8 Å². The van der Waals surface area contributed by atoms with Crippen molar-refractivity contribution in [3.63, 3.8) is 0 Å². The molecule has 0 bridgehead atoms. The summed E-state index contributed by atoms with van der Waals surface area (Å²) in [4.78, 5) is 11.8. The van der Waals surface area contributed by atoms with Crippen LogP contribution in [-0.4, -0.2) is 17.8 Å². The van der Waals surface area contributed by atoms with Crippen molar-refractivity contribution in [2.75, 3.05) is 6.54 Å². The molecule has 94 valence electrons. The Kier molecular flexibility index (Phi) is 6.18. The molecule has 16 heavy (non-hydrogen) atoms. The number of amides is 1. The lowest BCUT2D eigenvalue weighted by Crippen LogP contribution is -2.35. The zero-order valence-corrected chi connectivity index (χ0v) is 11.2. The van der Waals surface area contributed by atoms with E-state index in [-0.39, 0.29) is 11.8 Å². The lowest BCUT2D eigenvalue weighted by molar-refractivity contribution is -0.125. The summed E-state index contributed by atoms with van der Waals surface area (Å²) < 4.78 is 0. The molecule has 1 saturated carbocycles. The Morgan fingerprint density at radius 2 is 2.06 bits per heavy atom. The Hall–Kier alpha value is -0.240. The van der Waals surface area contributed by atoms with E-state index in [0.717, 1.165) is 32.2 Å². The van der Waals surface area contributed by atoms with Crippen molar-refractivity contribution in [1.29, 1.82) is 0 Å². The van der Waals surface area contributed by atoms with Gasteiger partial charge in [0.15, 0.2) is 0 Å². The summed E-state index contributed by atoms with van der Waals surface area (Å²) in [6, 6.07) is 0. The molecule has 2 nitrogen and oxygen atoms in total. The van der Waals surface area contributed by atoms with Crippen LogP contribution >= 0.6 is 11.6 Å². The summed E-state index contributed by atoms with van der Waals surface area (Å²) in [6.07, 6.45) is 6.49. The minimum absolute atomic E-state index is 0.190. The van der Waals surface area contributed by atoms with E-state index in [2.05, 4.69) is 19.2 Å². The van der Waals surface area contributed by atoms with E-state index in [4.69, 9.17) is 11.6 Å². The van der Waals surface area contributed by atoms with Crippen molar-refractivity contribution in [3.8, 4) is 0 Å². The molecular formula is C13H24ClNO. The highest BCUT2D eigenvalue weighted by Gasteiger charge is 2.21. The van der Waals surface area contributed by atoms with Crippen LogP contribution in [0.4, 0.5) is 0 Å². The first kappa shape index (κ1) is 13.8. The maximum absolute atomic E-state index is 11.8. The topological polar surface area (TPSA) is 29.1 Å². The molecule has 0 aliphatic heterocycles. The predicted octanol–water partition coefficient (Wildman–Crippen LogP) is 3.34. The number of hydrogen-bond acceptors (Lipinski definition) is 1. The van der Waals surface area contributed by atoms with Gasteiger partial charge in [-0.2, -0.15) is 0 Å². The standard InChI is InChI=1S/C13H24ClNO/c1-3-11(4-2)13(16)15-9-10-6-5-7-12(14)8-10/h10-12H,3-9H2,1-2H3,(H,15,16). The molecule has 3 heteroatoms. The van der Waals surface area contributed by atoms with E-state index in [9.17, 15) is 4.79 Å². The summed E-state index contributed by atoms with van der Waals surface area (Å²) in [5, 5.41) is 3.40. The predicted molar refractivity (Wildman–Crippen MR) is 68.7 cm³/mol. The SMILES string of the molecule is CCC(CC)C(=O)NCC1CCCC(Cl)C1. The maximum atomic E-state index is 11.8. The van der Waals surface area contributed by atoms with Crippen LogP contribution in [0.2, 0.25) is 0 Å². The molecule has 0 aromatic heterocycles. The Morgan fingerprint density at radius 1 is 1.38 bits per heavy atom. The lowest BCUT2D eigenvalue weighted by Gasteiger charge is -2.26. The zero-order valence-electron chi connectivity index (χ0n) is 10.5. The van der Waals surface area contributed by atoms with Gasteiger partial charge in [0, 0.05) is 17.8 Å². The van der Waals surface area contributed by atoms with E-state index in [1.54, 1.807) is 0 Å². The summed E-state index contributed by atoms with van der Waals surface area (Å²) in [7, 11) is 0. The smallest absolute Gasteiger partial charge is 0.223 e. The van der Waals surface area contributed by atoms with Crippen LogP contribution < -0.4 is 5.32 Å². The van der Waals surface area contributed by atoms with Gasteiger partial charge >= 0.3 is 0 Å². The van der Waals surface area contributed by atoms with E-state index in [1.807, 2.05) is 0 Å². The highest BCUT2D eigenvalue weighted by Crippen LogP contribution is 2.27. The minimum Gasteiger partial charge on any atom is -0.356 e. The fraction of sp³-hybridized carbons (Fsp3) is 0.923. The van der Waals surface area contributed by atoms with Gasteiger partial charge in [-0.3, -0.25) is 4.79 Å². The van der Waals surface area contributed by atoms with Crippen LogP contribution in [0.1, 0.15) is 52.4 Å². The van der Waals surface area contributed by atoms with Crippen LogP contribution in [0.5, 0.6) is 0 Å². The number of halogens is 1. The summed E-state index contributed by atoms with van der Waals surface area (Å²) in [5.41, 5.74) is 0. The van der Waals surface area contributed by atoms with Gasteiger partial charge in [-0.1, -0.05) is 20.3 Å². The largest absolute Gasteiger partial charge is 0.356 e. The van der Waals surface area contributed by atoms with Gasteiger partial charge in [-0.25, -0.2) is 0 Å². The van der Waals surface area contributed by atoms with Crippen molar-refractivity contribution in [3.05, 3.63) is 0 Å². The van der Waals surface area contributed by atoms with Crippen molar-refractivity contribution in [2.45, 2.75) is 57.7 Å². The van der Waals surface area contributed by atoms with Crippen molar-refractivity contribution < 1.29 is 4.79 Å². The van der Waals surface area contributed by atoms with Crippen LogP contribution in [0.25, 0.3) is 0 Å². The highest BCUT2D eigenvalue weighted by atomic mass is 35.5. The third kappa shape index (κ3) is 4.32. The Morgan fingerprint density at radius 3 is 2.62 bits per heavy atom. The molecule has 2 unspecified atom stereocenters. The van der Waals surface area contributed by atoms with Gasteiger partial charge < -0.3 is 5.32 Å². The summed E-state index contributed by atoms with van der Waals surface area (Å²) in [5.74, 6) is 1.01. The summed E-state index contributed by atoms with van der Waals surface area (Å²) in [6.45, 7) is 4.96. The first-order valence-corrected chi connectivity index (χ1v) is 7.02. The Labute approximate surface area is 104 Å². The zero-order chi connectivity index (χ0) is 12.0. The molecule has 2 atom stereocenters. The number of carbonyl (C=O) groups is 1. The Bertz CT molecular complexity index is 216. The number of hydrogen-bond donors (Lipinski definition) is 1. The molecule has 0 spiro atoms. The van der Waals surface area contributed by atoms with Gasteiger partial charge in [-0.15, -0.1) is 11.6 Å². The number of rotatable bonds is 5. The number of nitrogens with one attached hydrogen (secondary N) is 1. The minimum atomic E-state index is 0.190. The highest BCUT2D eigenvalue weighted by molar-refractivity contribution is 6.20. The average Bonchev–Trinajstić information content (AvgIpc) is 2.28. The molecule has 1 N–H and O–H groups in total. The van der Waals surface area contributed by atoms with Crippen LogP contribution in [0, 0.1) is 11.8 Å². The molecule has 0 aromatic carbocycles. The molecule has 0 aromatic rings. The summed E-state index contributed by atoms with van der Waals surface area (Å²) >= 11 is 6.13. The molecule has 1 aliphatic carbocycles. The molecular weight excluding hydrogens is 222 g/mol. The van der Waals surface area contributed by atoms with E-state index in [0.29, 0.717) is 11.3 Å². The van der Waals surface area contributed by atoms with Crippen LogP contribution in [0.15, 0.2) is 0 Å². The third-order valence-corrected chi connectivity index (χ3v) is 4.04. The van der Waals surface area contributed by atoms with Crippen molar-refractivity contribution in [1.82, 2.24) is 5.32 Å². The fourth-order valence-electron chi connectivity index (χ4n) is 2.46.